The molecule has 0 bridgehead atoms. The molecular formula is C22H28NO3-. The molecule has 4 heteroatoms. The number of hydrogen-bond acceptors (Lipinski definition) is 4. The van der Waals surface area contributed by atoms with Crippen LogP contribution in [0.5, 0.6) is 5.75 Å². The van der Waals surface area contributed by atoms with Crippen molar-refractivity contribution in [3.63, 3.8) is 0 Å². The molecule has 2 aromatic rings. The Morgan fingerprint density at radius 2 is 1.69 bits per heavy atom. The van der Waals surface area contributed by atoms with Gasteiger partial charge in [0, 0.05) is 19.5 Å². The molecule has 0 saturated carbocycles. The standard InChI is InChI=1S/C22H29NO3/c1-22(2,3)18-10-12-19(13-11-18)26-20(17-8-6-5-7-9-17)14-15-23(4)16-21(24)25/h5-13,20H,14-16H2,1-4H3,(H,24,25)/p-1/t20-/m1/s1. The summed E-state index contributed by atoms with van der Waals surface area (Å²) in [4.78, 5) is 12.5. The van der Waals surface area contributed by atoms with Crippen molar-refractivity contribution in [1.29, 1.82) is 0 Å². The fraction of sp³-hybridized carbons (Fsp3) is 0.409. The molecule has 140 valence electrons. The Bertz CT molecular complexity index is 690. The van der Waals surface area contributed by atoms with Crippen LogP contribution in [0.4, 0.5) is 0 Å². The van der Waals surface area contributed by atoms with Gasteiger partial charge in [-0.25, -0.2) is 0 Å². The van der Waals surface area contributed by atoms with Crippen LogP contribution in [0.15, 0.2) is 54.6 Å². The lowest BCUT2D eigenvalue weighted by atomic mass is 9.87. The highest BCUT2D eigenvalue weighted by Crippen LogP contribution is 2.28. The quantitative estimate of drug-likeness (QED) is 0.731. The van der Waals surface area contributed by atoms with E-state index >= 15 is 0 Å². The van der Waals surface area contributed by atoms with Gasteiger partial charge in [0.25, 0.3) is 0 Å². The Labute approximate surface area is 156 Å². The Balaban J connectivity index is 2.10. The number of carboxylic acid groups (broad SMARTS) is 1. The second kappa shape index (κ2) is 8.86. The highest BCUT2D eigenvalue weighted by Gasteiger charge is 2.16. The summed E-state index contributed by atoms with van der Waals surface area (Å²) in [5, 5.41) is 10.7. The average molecular weight is 354 g/mol. The molecule has 0 saturated heterocycles. The monoisotopic (exact) mass is 354 g/mol. The fourth-order valence-corrected chi connectivity index (χ4v) is 2.80. The van der Waals surface area contributed by atoms with E-state index in [1.54, 1.807) is 11.9 Å². The van der Waals surface area contributed by atoms with E-state index in [4.69, 9.17) is 4.74 Å². The van der Waals surface area contributed by atoms with Crippen molar-refractivity contribution < 1.29 is 14.6 Å². The SMILES string of the molecule is CN(CC[C@@H](Oc1ccc(C(C)(C)C)cc1)c1ccccc1)CC(=O)[O-]. The van der Waals surface area contributed by atoms with Crippen LogP contribution in [0.2, 0.25) is 0 Å². The zero-order chi connectivity index (χ0) is 19.2. The van der Waals surface area contributed by atoms with Gasteiger partial charge in [0.05, 0.1) is 5.97 Å². The highest BCUT2D eigenvalue weighted by molar-refractivity contribution is 5.66. The molecule has 1 atom stereocenters. The molecule has 0 spiro atoms. The number of carboxylic acids is 1. The number of benzene rings is 2. The molecule has 2 rings (SSSR count). The van der Waals surface area contributed by atoms with Gasteiger partial charge in [-0.3, -0.25) is 0 Å². The molecule has 2 aromatic carbocycles. The Hall–Kier alpha value is -2.33. The lowest BCUT2D eigenvalue weighted by Crippen LogP contribution is -2.36. The van der Waals surface area contributed by atoms with E-state index in [0.29, 0.717) is 13.0 Å². The summed E-state index contributed by atoms with van der Waals surface area (Å²) in [5.41, 5.74) is 2.44. The third kappa shape index (κ3) is 6.19. The van der Waals surface area contributed by atoms with Gasteiger partial charge in [-0.2, -0.15) is 0 Å². The van der Waals surface area contributed by atoms with Crippen molar-refractivity contribution >= 4 is 5.97 Å². The minimum absolute atomic E-state index is 0.0816. The van der Waals surface area contributed by atoms with Crippen LogP contribution in [0.25, 0.3) is 0 Å². The van der Waals surface area contributed by atoms with Gasteiger partial charge < -0.3 is 19.5 Å². The number of ether oxygens (including phenoxy) is 1. The Kier molecular flexibility index (Phi) is 6.81. The predicted octanol–water partition coefficient (Wildman–Crippen LogP) is 3.18. The first kappa shape index (κ1) is 20.0. The molecule has 0 aromatic heterocycles. The molecule has 26 heavy (non-hydrogen) atoms. The van der Waals surface area contributed by atoms with Crippen molar-refractivity contribution in [2.24, 2.45) is 0 Å². The molecule has 0 fully saturated rings. The summed E-state index contributed by atoms with van der Waals surface area (Å²) in [6.45, 7) is 7.07. The number of hydrogen-bond donors (Lipinski definition) is 0. The van der Waals surface area contributed by atoms with Crippen LogP contribution in [-0.4, -0.2) is 31.0 Å². The van der Waals surface area contributed by atoms with E-state index in [1.807, 2.05) is 42.5 Å². The van der Waals surface area contributed by atoms with Gasteiger partial charge in [0.2, 0.25) is 0 Å². The van der Waals surface area contributed by atoms with Gasteiger partial charge in [-0.1, -0.05) is 63.2 Å². The maximum absolute atomic E-state index is 10.7. The molecule has 0 aliphatic carbocycles. The average Bonchev–Trinajstić information content (AvgIpc) is 2.58. The molecule has 0 heterocycles. The van der Waals surface area contributed by atoms with Crippen LogP contribution in [-0.2, 0) is 10.2 Å². The maximum atomic E-state index is 10.7. The molecule has 0 aliphatic heterocycles. The zero-order valence-corrected chi connectivity index (χ0v) is 16.1. The molecule has 4 nitrogen and oxygen atoms in total. The molecular weight excluding hydrogens is 326 g/mol. The fourth-order valence-electron chi connectivity index (χ4n) is 2.80. The summed E-state index contributed by atoms with van der Waals surface area (Å²) in [6.07, 6.45) is 0.551. The van der Waals surface area contributed by atoms with E-state index in [2.05, 4.69) is 32.9 Å². The predicted molar refractivity (Wildman–Crippen MR) is 102 cm³/mol. The van der Waals surface area contributed by atoms with E-state index in [9.17, 15) is 9.90 Å². The van der Waals surface area contributed by atoms with E-state index in [1.165, 1.54) is 5.56 Å². The van der Waals surface area contributed by atoms with Gasteiger partial charge in [-0.05, 0) is 35.7 Å². The first-order valence-corrected chi connectivity index (χ1v) is 8.96. The second-order valence-electron chi connectivity index (χ2n) is 7.69. The van der Waals surface area contributed by atoms with Gasteiger partial charge >= 0.3 is 0 Å². The number of aliphatic carboxylic acids is 1. The van der Waals surface area contributed by atoms with Crippen molar-refractivity contribution in [3.05, 3.63) is 65.7 Å². The van der Waals surface area contributed by atoms with E-state index in [-0.39, 0.29) is 18.1 Å². The lowest BCUT2D eigenvalue weighted by molar-refractivity contribution is -0.306. The topological polar surface area (TPSA) is 52.6 Å². The van der Waals surface area contributed by atoms with Crippen LogP contribution in [0.1, 0.15) is 44.4 Å². The van der Waals surface area contributed by atoms with Crippen LogP contribution >= 0.6 is 0 Å². The maximum Gasteiger partial charge on any atom is 0.125 e. The van der Waals surface area contributed by atoms with Crippen molar-refractivity contribution in [2.75, 3.05) is 20.1 Å². The van der Waals surface area contributed by atoms with Crippen molar-refractivity contribution in [2.45, 2.75) is 38.7 Å². The minimum Gasteiger partial charge on any atom is -0.549 e. The van der Waals surface area contributed by atoms with E-state index < -0.39 is 5.97 Å². The number of carbonyl (C=O) groups is 1. The number of nitrogens with zero attached hydrogens (tertiary/aromatic N) is 1. The van der Waals surface area contributed by atoms with Crippen LogP contribution in [0.3, 0.4) is 0 Å². The molecule has 0 amide bonds. The second-order valence-corrected chi connectivity index (χ2v) is 7.69. The minimum atomic E-state index is -1.07. The summed E-state index contributed by atoms with van der Waals surface area (Å²) in [7, 11) is 1.77. The largest absolute Gasteiger partial charge is 0.549 e. The third-order valence-corrected chi connectivity index (χ3v) is 4.34. The smallest absolute Gasteiger partial charge is 0.125 e. The third-order valence-electron chi connectivity index (χ3n) is 4.34. The summed E-state index contributed by atoms with van der Waals surface area (Å²) in [6, 6.07) is 18.2. The number of likely N-dealkylation sites (N-methyl/N-ethyl adjacent to an activating group) is 1. The Morgan fingerprint density at radius 3 is 2.23 bits per heavy atom. The normalized spacial score (nSPS) is 12.8. The first-order valence-electron chi connectivity index (χ1n) is 8.96. The zero-order valence-electron chi connectivity index (χ0n) is 16.1. The number of rotatable bonds is 8. The summed E-state index contributed by atoms with van der Waals surface area (Å²) >= 11 is 0. The van der Waals surface area contributed by atoms with Gasteiger partial charge in [0.15, 0.2) is 0 Å². The first-order chi connectivity index (χ1) is 12.3. The highest BCUT2D eigenvalue weighted by atomic mass is 16.5. The molecule has 0 N–H and O–H groups in total. The molecule has 0 unspecified atom stereocenters. The van der Waals surface area contributed by atoms with Crippen LogP contribution < -0.4 is 9.84 Å². The molecule has 0 radical (unpaired) electrons. The number of carbonyl (C=O) groups excluding carboxylic acids is 1. The Morgan fingerprint density at radius 1 is 1.08 bits per heavy atom. The van der Waals surface area contributed by atoms with Gasteiger partial charge in [0.1, 0.15) is 11.9 Å². The lowest BCUT2D eigenvalue weighted by Gasteiger charge is -2.24. The summed E-state index contributed by atoms with van der Waals surface area (Å²) in [5.74, 6) is -0.253. The van der Waals surface area contributed by atoms with E-state index in [0.717, 1.165) is 11.3 Å². The van der Waals surface area contributed by atoms with Crippen molar-refractivity contribution in [1.82, 2.24) is 4.90 Å². The van der Waals surface area contributed by atoms with Crippen LogP contribution in [0, 0.1) is 0 Å². The van der Waals surface area contributed by atoms with Crippen molar-refractivity contribution in [3.8, 4) is 5.75 Å². The molecule has 0 aliphatic rings. The van der Waals surface area contributed by atoms with Gasteiger partial charge in [-0.15, -0.1) is 0 Å². The summed E-state index contributed by atoms with van der Waals surface area (Å²) < 4.78 is 6.23.